The minimum absolute atomic E-state index is 0.371. The summed E-state index contributed by atoms with van der Waals surface area (Å²) in [4.78, 5) is 15.5. The highest BCUT2D eigenvalue weighted by Gasteiger charge is 2.05. The summed E-state index contributed by atoms with van der Waals surface area (Å²) < 4.78 is 14.4. The summed E-state index contributed by atoms with van der Waals surface area (Å²) in [6.45, 7) is 3.55. The first-order valence-corrected chi connectivity index (χ1v) is 4.91. The van der Waals surface area contributed by atoms with Gasteiger partial charge in [0.2, 0.25) is 0 Å². The Morgan fingerprint density at radius 3 is 2.62 bits per heavy atom. The molecule has 0 N–H and O–H groups in total. The van der Waals surface area contributed by atoms with Crippen molar-refractivity contribution in [1.29, 1.82) is 0 Å². The molecule has 1 aromatic carbocycles. The predicted molar refractivity (Wildman–Crippen MR) is 59.3 cm³/mol. The van der Waals surface area contributed by atoms with E-state index in [2.05, 4.69) is 4.98 Å². The first kappa shape index (κ1) is 10.5. The maximum Gasteiger partial charge on any atom is 0.352 e. The zero-order chi connectivity index (χ0) is 11.7. The standard InChI is InChI=1S/C12H11FN2O/c1-8-6-9(2)15(12(16)14-8)11-5-3-4-10(13)7-11/h3-7H,1-2H3. The lowest BCUT2D eigenvalue weighted by atomic mass is 10.2. The van der Waals surface area contributed by atoms with Crippen LogP contribution in [0.2, 0.25) is 0 Å². The number of aromatic nitrogens is 2. The van der Waals surface area contributed by atoms with Crippen molar-refractivity contribution in [2.45, 2.75) is 13.8 Å². The van der Waals surface area contributed by atoms with Gasteiger partial charge in [-0.1, -0.05) is 6.07 Å². The van der Waals surface area contributed by atoms with Crippen LogP contribution in [0.15, 0.2) is 35.1 Å². The fourth-order valence-corrected chi connectivity index (χ4v) is 1.68. The molecule has 0 atom stereocenters. The zero-order valence-electron chi connectivity index (χ0n) is 9.07. The molecule has 0 fully saturated rings. The summed E-state index contributed by atoms with van der Waals surface area (Å²) in [5, 5.41) is 0. The van der Waals surface area contributed by atoms with Crippen molar-refractivity contribution in [3.8, 4) is 5.69 Å². The average Bonchev–Trinajstić information content (AvgIpc) is 2.15. The van der Waals surface area contributed by atoms with Crippen molar-refractivity contribution in [3.63, 3.8) is 0 Å². The Morgan fingerprint density at radius 1 is 1.25 bits per heavy atom. The van der Waals surface area contributed by atoms with Crippen molar-refractivity contribution in [2.75, 3.05) is 0 Å². The fraction of sp³-hybridized carbons (Fsp3) is 0.167. The predicted octanol–water partition coefficient (Wildman–Crippen LogP) is 1.99. The molecule has 0 aliphatic carbocycles. The Balaban J connectivity index is 2.70. The molecule has 0 spiro atoms. The van der Waals surface area contributed by atoms with E-state index in [1.165, 1.54) is 16.7 Å². The van der Waals surface area contributed by atoms with Gasteiger partial charge >= 0.3 is 5.69 Å². The van der Waals surface area contributed by atoms with E-state index in [1.54, 1.807) is 32.0 Å². The third-order valence-corrected chi connectivity index (χ3v) is 2.30. The normalized spacial score (nSPS) is 10.4. The monoisotopic (exact) mass is 218 g/mol. The highest BCUT2D eigenvalue weighted by atomic mass is 19.1. The van der Waals surface area contributed by atoms with Crippen LogP contribution < -0.4 is 5.69 Å². The lowest BCUT2D eigenvalue weighted by molar-refractivity contribution is 0.625. The molecule has 0 aliphatic rings. The van der Waals surface area contributed by atoms with Crippen LogP contribution in [0.3, 0.4) is 0 Å². The van der Waals surface area contributed by atoms with E-state index in [1.807, 2.05) is 0 Å². The highest BCUT2D eigenvalue weighted by molar-refractivity contribution is 5.34. The van der Waals surface area contributed by atoms with E-state index in [0.29, 0.717) is 11.4 Å². The molecule has 82 valence electrons. The van der Waals surface area contributed by atoms with Gasteiger partial charge in [0.1, 0.15) is 5.82 Å². The molecular weight excluding hydrogens is 207 g/mol. The van der Waals surface area contributed by atoms with Crippen LogP contribution in [0, 0.1) is 19.7 Å². The molecule has 4 heteroatoms. The van der Waals surface area contributed by atoms with Crippen LogP contribution in [-0.2, 0) is 0 Å². The van der Waals surface area contributed by atoms with Gasteiger partial charge in [-0.2, -0.15) is 4.98 Å². The topological polar surface area (TPSA) is 34.9 Å². The minimum Gasteiger partial charge on any atom is -0.265 e. The first-order valence-electron chi connectivity index (χ1n) is 4.91. The summed E-state index contributed by atoms with van der Waals surface area (Å²) >= 11 is 0. The van der Waals surface area contributed by atoms with E-state index in [9.17, 15) is 9.18 Å². The third kappa shape index (κ3) is 1.86. The van der Waals surface area contributed by atoms with Crippen LogP contribution in [0.25, 0.3) is 5.69 Å². The second kappa shape index (κ2) is 3.89. The van der Waals surface area contributed by atoms with E-state index in [4.69, 9.17) is 0 Å². The van der Waals surface area contributed by atoms with Crippen molar-refractivity contribution >= 4 is 0 Å². The Labute approximate surface area is 92.2 Å². The van der Waals surface area contributed by atoms with E-state index >= 15 is 0 Å². The molecule has 2 aromatic rings. The Hall–Kier alpha value is -1.97. The maximum absolute atomic E-state index is 13.1. The SMILES string of the molecule is Cc1cc(C)n(-c2cccc(F)c2)c(=O)n1. The third-order valence-electron chi connectivity index (χ3n) is 2.30. The van der Waals surface area contributed by atoms with Gasteiger partial charge in [0, 0.05) is 11.4 Å². The summed E-state index contributed by atoms with van der Waals surface area (Å²) in [6.07, 6.45) is 0. The first-order chi connectivity index (χ1) is 7.58. The van der Waals surface area contributed by atoms with Gasteiger partial charge in [0.25, 0.3) is 0 Å². The summed E-state index contributed by atoms with van der Waals surface area (Å²) in [7, 11) is 0. The minimum atomic E-state index is -0.386. The van der Waals surface area contributed by atoms with Crippen molar-refractivity contribution in [3.05, 3.63) is 58.0 Å². The number of halogens is 1. The van der Waals surface area contributed by atoms with Crippen molar-refractivity contribution < 1.29 is 4.39 Å². The molecule has 16 heavy (non-hydrogen) atoms. The van der Waals surface area contributed by atoms with Crippen LogP contribution in [0.4, 0.5) is 4.39 Å². The number of hydrogen-bond acceptors (Lipinski definition) is 2. The van der Waals surface area contributed by atoms with Gasteiger partial charge in [0.05, 0.1) is 5.69 Å². The quantitative estimate of drug-likeness (QED) is 0.733. The van der Waals surface area contributed by atoms with Gasteiger partial charge in [-0.25, -0.2) is 9.18 Å². The summed E-state index contributed by atoms with van der Waals surface area (Å²) in [5.74, 6) is -0.371. The molecule has 0 saturated carbocycles. The number of nitrogens with zero attached hydrogens (tertiary/aromatic N) is 2. The molecule has 0 aliphatic heterocycles. The summed E-state index contributed by atoms with van der Waals surface area (Å²) in [6, 6.07) is 7.67. The van der Waals surface area contributed by atoms with Gasteiger partial charge < -0.3 is 0 Å². The molecule has 2 rings (SSSR count). The van der Waals surface area contributed by atoms with E-state index in [0.717, 1.165) is 5.69 Å². The van der Waals surface area contributed by atoms with Crippen molar-refractivity contribution in [1.82, 2.24) is 9.55 Å². The summed E-state index contributed by atoms with van der Waals surface area (Å²) in [5.41, 5.74) is 1.51. The van der Waals surface area contributed by atoms with Crippen LogP contribution in [-0.4, -0.2) is 9.55 Å². The molecule has 0 radical (unpaired) electrons. The fourth-order valence-electron chi connectivity index (χ4n) is 1.68. The lowest BCUT2D eigenvalue weighted by Crippen LogP contribution is -2.24. The molecule has 0 unspecified atom stereocenters. The molecule has 0 amide bonds. The Kier molecular flexibility index (Phi) is 2.56. The van der Waals surface area contributed by atoms with Gasteiger partial charge in [-0.15, -0.1) is 0 Å². The van der Waals surface area contributed by atoms with E-state index < -0.39 is 0 Å². The molecule has 3 nitrogen and oxygen atoms in total. The lowest BCUT2D eigenvalue weighted by Gasteiger charge is -2.09. The number of aryl methyl sites for hydroxylation is 2. The second-order valence-corrected chi connectivity index (χ2v) is 3.64. The van der Waals surface area contributed by atoms with Gasteiger partial charge in [0.15, 0.2) is 0 Å². The average molecular weight is 218 g/mol. The van der Waals surface area contributed by atoms with Crippen molar-refractivity contribution in [2.24, 2.45) is 0 Å². The van der Waals surface area contributed by atoms with Gasteiger partial charge in [-0.3, -0.25) is 4.57 Å². The Morgan fingerprint density at radius 2 is 2.00 bits per heavy atom. The smallest absolute Gasteiger partial charge is 0.265 e. The number of hydrogen-bond donors (Lipinski definition) is 0. The molecule has 1 aromatic heterocycles. The second-order valence-electron chi connectivity index (χ2n) is 3.64. The Bertz CT molecular complexity index is 590. The largest absolute Gasteiger partial charge is 0.352 e. The highest BCUT2D eigenvalue weighted by Crippen LogP contribution is 2.10. The molecular formula is C12H11FN2O. The molecule has 0 bridgehead atoms. The van der Waals surface area contributed by atoms with Crippen LogP contribution in [0.5, 0.6) is 0 Å². The number of benzene rings is 1. The van der Waals surface area contributed by atoms with E-state index in [-0.39, 0.29) is 11.5 Å². The maximum atomic E-state index is 13.1. The molecule has 1 heterocycles. The van der Waals surface area contributed by atoms with Crippen LogP contribution in [0.1, 0.15) is 11.4 Å². The number of rotatable bonds is 1. The van der Waals surface area contributed by atoms with Gasteiger partial charge in [-0.05, 0) is 38.1 Å². The molecule has 0 saturated heterocycles. The van der Waals surface area contributed by atoms with Crippen LogP contribution >= 0.6 is 0 Å². The zero-order valence-corrected chi connectivity index (χ0v) is 9.07.